The molecule has 1 aromatic carbocycles. The van der Waals surface area contributed by atoms with Crippen molar-refractivity contribution in [2.24, 2.45) is 0 Å². The molecule has 0 atom stereocenters. The molecule has 0 radical (unpaired) electrons. The molecule has 6 nitrogen and oxygen atoms in total. The molecule has 2 N–H and O–H groups in total. The normalized spacial score (nSPS) is 10.9. The van der Waals surface area contributed by atoms with Crippen LogP contribution in [0.3, 0.4) is 0 Å². The maximum Gasteiger partial charge on any atom is 0.303 e. The van der Waals surface area contributed by atoms with Crippen molar-refractivity contribution in [1.29, 1.82) is 0 Å². The SMILES string of the molecule is O=C(O)CCc1ccc2c(CCC(=O)O)c(OCCCCCBr)ccc2n1. The van der Waals surface area contributed by atoms with Crippen LogP contribution in [0.4, 0.5) is 0 Å². The molecule has 2 aromatic rings. The number of carboxylic acids is 2. The second kappa shape index (κ2) is 10.9. The van der Waals surface area contributed by atoms with Gasteiger partial charge < -0.3 is 14.9 Å². The number of hydrogen-bond donors (Lipinski definition) is 2. The quantitative estimate of drug-likeness (QED) is 0.381. The summed E-state index contributed by atoms with van der Waals surface area (Å²) in [6.07, 6.45) is 3.86. The van der Waals surface area contributed by atoms with Crippen LogP contribution >= 0.6 is 15.9 Å². The van der Waals surface area contributed by atoms with E-state index in [0.29, 0.717) is 30.9 Å². The lowest BCUT2D eigenvalue weighted by Gasteiger charge is -2.14. The third-order valence-corrected chi connectivity index (χ3v) is 4.78. The van der Waals surface area contributed by atoms with Crippen molar-refractivity contribution in [2.45, 2.75) is 44.9 Å². The van der Waals surface area contributed by atoms with Gasteiger partial charge in [-0.1, -0.05) is 22.0 Å². The number of benzene rings is 1. The monoisotopic (exact) mass is 437 g/mol. The largest absolute Gasteiger partial charge is 0.493 e. The van der Waals surface area contributed by atoms with Gasteiger partial charge in [-0.15, -0.1) is 0 Å². The van der Waals surface area contributed by atoms with Crippen molar-refractivity contribution in [3.05, 3.63) is 35.5 Å². The molecule has 0 saturated carbocycles. The van der Waals surface area contributed by atoms with E-state index in [9.17, 15) is 9.59 Å². The van der Waals surface area contributed by atoms with Gasteiger partial charge in [0.15, 0.2) is 0 Å². The molecular weight excluding hydrogens is 414 g/mol. The number of carbonyl (C=O) groups is 2. The summed E-state index contributed by atoms with van der Waals surface area (Å²) in [6.45, 7) is 0.586. The lowest BCUT2D eigenvalue weighted by atomic mass is 10.0. The number of carboxylic acid groups (broad SMARTS) is 2. The van der Waals surface area contributed by atoms with E-state index in [1.807, 2.05) is 18.2 Å². The van der Waals surface area contributed by atoms with Gasteiger partial charge in [0.25, 0.3) is 0 Å². The number of fused-ring (bicyclic) bond motifs is 1. The Morgan fingerprint density at radius 3 is 2.41 bits per heavy atom. The number of aromatic nitrogens is 1. The summed E-state index contributed by atoms with van der Waals surface area (Å²) in [7, 11) is 0. The van der Waals surface area contributed by atoms with Crippen LogP contribution in [0.1, 0.15) is 43.4 Å². The fourth-order valence-corrected chi connectivity index (χ4v) is 3.24. The van der Waals surface area contributed by atoms with Gasteiger partial charge in [-0.3, -0.25) is 14.6 Å². The summed E-state index contributed by atoms with van der Waals surface area (Å²) in [5, 5.41) is 19.7. The zero-order valence-electron chi connectivity index (χ0n) is 15.1. The molecular formula is C20H24BrNO5. The first-order valence-corrected chi connectivity index (χ1v) is 10.2. The highest BCUT2D eigenvalue weighted by Gasteiger charge is 2.13. The first kappa shape index (κ1) is 21.2. The van der Waals surface area contributed by atoms with Crippen molar-refractivity contribution in [3.63, 3.8) is 0 Å². The van der Waals surface area contributed by atoms with Gasteiger partial charge >= 0.3 is 11.9 Å². The van der Waals surface area contributed by atoms with Crippen molar-refractivity contribution >= 4 is 38.8 Å². The lowest BCUT2D eigenvalue weighted by Crippen LogP contribution is -2.05. The van der Waals surface area contributed by atoms with Crippen LogP contribution < -0.4 is 4.74 Å². The molecule has 0 bridgehead atoms. The van der Waals surface area contributed by atoms with Crippen molar-refractivity contribution in [2.75, 3.05) is 11.9 Å². The van der Waals surface area contributed by atoms with Gasteiger partial charge in [0.05, 0.1) is 18.5 Å². The summed E-state index contributed by atoms with van der Waals surface area (Å²) in [4.78, 5) is 26.3. The number of ether oxygens (including phenoxy) is 1. The predicted molar refractivity (Wildman–Crippen MR) is 107 cm³/mol. The van der Waals surface area contributed by atoms with E-state index in [2.05, 4.69) is 20.9 Å². The Labute approximate surface area is 166 Å². The zero-order chi connectivity index (χ0) is 19.6. The van der Waals surface area contributed by atoms with Crippen LogP contribution in [0.25, 0.3) is 10.9 Å². The fourth-order valence-electron chi connectivity index (χ4n) is 2.84. The number of rotatable bonds is 12. The van der Waals surface area contributed by atoms with Gasteiger partial charge in [-0.05, 0) is 43.9 Å². The Hall–Kier alpha value is -2.15. The van der Waals surface area contributed by atoms with Crippen LogP contribution in [0.15, 0.2) is 24.3 Å². The van der Waals surface area contributed by atoms with E-state index in [-0.39, 0.29) is 12.8 Å². The van der Waals surface area contributed by atoms with Gasteiger partial charge in [0.2, 0.25) is 0 Å². The molecule has 7 heteroatoms. The molecule has 0 aliphatic carbocycles. The topological polar surface area (TPSA) is 96.7 Å². The van der Waals surface area contributed by atoms with Crippen molar-refractivity contribution in [3.8, 4) is 5.75 Å². The standard InChI is InChI=1S/C20H24BrNO5/c21-12-2-1-3-13-27-18-9-8-17-15(16(18)7-11-20(25)26)6-4-14(22-17)5-10-19(23)24/h4,6,8-9H,1-3,5,7,10-13H2,(H,23,24)(H,25,26). The lowest BCUT2D eigenvalue weighted by molar-refractivity contribution is -0.138. The van der Waals surface area contributed by atoms with Crippen LogP contribution in [0.2, 0.25) is 0 Å². The summed E-state index contributed by atoms with van der Waals surface area (Å²) >= 11 is 3.41. The number of hydrogen-bond acceptors (Lipinski definition) is 4. The van der Waals surface area contributed by atoms with Crippen LogP contribution in [0, 0.1) is 0 Å². The molecule has 1 heterocycles. The number of pyridine rings is 1. The van der Waals surface area contributed by atoms with E-state index in [1.54, 1.807) is 6.07 Å². The van der Waals surface area contributed by atoms with E-state index < -0.39 is 11.9 Å². The summed E-state index contributed by atoms with van der Waals surface area (Å²) in [5.74, 6) is -1.02. The molecule has 27 heavy (non-hydrogen) atoms. The number of halogens is 1. The zero-order valence-corrected chi connectivity index (χ0v) is 16.7. The van der Waals surface area contributed by atoms with Gasteiger partial charge in [0, 0.05) is 34.8 Å². The second-order valence-electron chi connectivity index (χ2n) is 6.30. The van der Waals surface area contributed by atoms with E-state index in [4.69, 9.17) is 14.9 Å². The Bertz CT molecular complexity index is 793. The maximum absolute atomic E-state index is 11.0. The third-order valence-electron chi connectivity index (χ3n) is 4.22. The van der Waals surface area contributed by atoms with Crippen LogP contribution in [0.5, 0.6) is 5.75 Å². The minimum atomic E-state index is -0.860. The fraction of sp³-hybridized carbons (Fsp3) is 0.450. The van der Waals surface area contributed by atoms with Crippen molar-refractivity contribution < 1.29 is 24.5 Å². The molecule has 0 unspecified atom stereocenters. The van der Waals surface area contributed by atoms with Gasteiger partial charge in [0.1, 0.15) is 5.75 Å². The highest BCUT2D eigenvalue weighted by atomic mass is 79.9. The molecule has 0 aliphatic heterocycles. The second-order valence-corrected chi connectivity index (χ2v) is 7.09. The first-order chi connectivity index (χ1) is 13.0. The maximum atomic E-state index is 11.0. The first-order valence-electron chi connectivity index (χ1n) is 9.05. The van der Waals surface area contributed by atoms with Crippen molar-refractivity contribution in [1.82, 2.24) is 4.98 Å². The number of nitrogens with zero attached hydrogens (tertiary/aromatic N) is 1. The van der Waals surface area contributed by atoms with E-state index in [0.717, 1.165) is 41.1 Å². The number of unbranched alkanes of at least 4 members (excludes halogenated alkanes) is 2. The molecule has 0 fully saturated rings. The summed E-state index contributed by atoms with van der Waals surface area (Å²) < 4.78 is 5.92. The van der Waals surface area contributed by atoms with Gasteiger partial charge in [-0.2, -0.15) is 0 Å². The summed E-state index contributed by atoms with van der Waals surface area (Å²) in [5.41, 5.74) is 2.27. The van der Waals surface area contributed by atoms with E-state index in [1.165, 1.54) is 0 Å². The minimum absolute atomic E-state index is 0.0137. The van der Waals surface area contributed by atoms with E-state index >= 15 is 0 Å². The highest BCUT2D eigenvalue weighted by Crippen LogP contribution is 2.29. The molecule has 0 saturated heterocycles. The number of aryl methyl sites for hydroxylation is 2. The minimum Gasteiger partial charge on any atom is -0.493 e. The Morgan fingerprint density at radius 2 is 1.70 bits per heavy atom. The molecule has 0 aliphatic rings. The predicted octanol–water partition coefficient (Wildman–Crippen LogP) is 4.21. The Balaban J connectivity index is 2.23. The Kier molecular flexibility index (Phi) is 8.51. The molecule has 2 rings (SSSR count). The van der Waals surface area contributed by atoms with Gasteiger partial charge in [-0.25, -0.2) is 0 Å². The number of alkyl halides is 1. The molecule has 146 valence electrons. The smallest absolute Gasteiger partial charge is 0.303 e. The number of aliphatic carboxylic acids is 2. The third kappa shape index (κ3) is 6.82. The average molecular weight is 438 g/mol. The molecule has 0 spiro atoms. The summed E-state index contributed by atoms with van der Waals surface area (Å²) in [6, 6.07) is 7.36. The molecule has 0 amide bonds. The van der Waals surface area contributed by atoms with Crippen LogP contribution in [-0.4, -0.2) is 39.1 Å². The highest BCUT2D eigenvalue weighted by molar-refractivity contribution is 9.09. The average Bonchev–Trinajstić information content (AvgIpc) is 2.64. The van der Waals surface area contributed by atoms with Crippen LogP contribution in [-0.2, 0) is 22.4 Å². The Morgan fingerprint density at radius 1 is 0.963 bits per heavy atom. The molecule has 1 aromatic heterocycles.